The zero-order valence-electron chi connectivity index (χ0n) is 24.8. The van der Waals surface area contributed by atoms with Crippen molar-refractivity contribution in [2.24, 2.45) is 0 Å². The molecule has 2 aromatic rings. The van der Waals surface area contributed by atoms with E-state index in [1.807, 2.05) is 19.9 Å². The van der Waals surface area contributed by atoms with E-state index in [1.165, 1.54) is 35.5 Å². The Morgan fingerprint density at radius 1 is 0.634 bits per heavy atom. The maximum atomic E-state index is 14.3. The first-order valence-electron chi connectivity index (χ1n) is 12.7. The van der Waals surface area contributed by atoms with E-state index < -0.39 is 0 Å². The molecule has 0 saturated heterocycles. The van der Waals surface area contributed by atoms with Crippen LogP contribution in [0.3, 0.4) is 0 Å². The van der Waals surface area contributed by atoms with Crippen LogP contribution in [0.4, 0.5) is 0 Å². The van der Waals surface area contributed by atoms with Crippen molar-refractivity contribution in [3.05, 3.63) is 58.7 Å². The number of rotatable bonds is 20. The molecule has 2 aromatic carbocycles. The number of Topliss-reactive ketones (excluding diaryl/α,β-unsaturated/α-hetero) is 1. The van der Waals surface area contributed by atoms with Crippen LogP contribution in [0.1, 0.15) is 36.2 Å². The Kier molecular flexibility index (Phi) is 15.3. The lowest BCUT2D eigenvalue weighted by Crippen LogP contribution is -2.13. The van der Waals surface area contributed by atoms with Crippen molar-refractivity contribution in [2.45, 2.75) is 20.3 Å². The van der Waals surface area contributed by atoms with E-state index in [0.29, 0.717) is 34.8 Å². The molecule has 0 aliphatic carbocycles. The van der Waals surface area contributed by atoms with Crippen molar-refractivity contribution in [3.63, 3.8) is 0 Å². The zero-order chi connectivity index (χ0) is 30.0. The largest absolute Gasteiger partial charge is 0.467 e. The van der Waals surface area contributed by atoms with Crippen LogP contribution in [-0.2, 0) is 23.7 Å². The number of hydrogen-bond acceptors (Lipinski definition) is 11. The van der Waals surface area contributed by atoms with Crippen molar-refractivity contribution < 1.29 is 52.2 Å². The molecule has 0 amide bonds. The molecular weight excluding hydrogens is 536 g/mol. The van der Waals surface area contributed by atoms with Crippen LogP contribution in [0.25, 0.3) is 6.08 Å². The minimum atomic E-state index is -0.338. The summed E-state index contributed by atoms with van der Waals surface area (Å²) in [7, 11) is 7.52. The van der Waals surface area contributed by atoms with E-state index in [4.69, 9.17) is 47.4 Å². The van der Waals surface area contributed by atoms with Crippen molar-refractivity contribution in [2.75, 3.05) is 69.5 Å². The highest BCUT2D eigenvalue weighted by Gasteiger charge is 2.25. The average Bonchev–Trinajstić information content (AvgIpc) is 2.97. The van der Waals surface area contributed by atoms with Gasteiger partial charge in [-0.1, -0.05) is 11.6 Å². The lowest BCUT2D eigenvalue weighted by molar-refractivity contribution is 0.0400. The number of allylic oxidation sites excluding steroid dienone is 3. The summed E-state index contributed by atoms with van der Waals surface area (Å²) in [5, 5.41) is 0. The molecule has 41 heavy (non-hydrogen) atoms. The first-order valence-corrected chi connectivity index (χ1v) is 12.7. The predicted molar refractivity (Wildman–Crippen MR) is 152 cm³/mol. The highest BCUT2D eigenvalue weighted by Crippen LogP contribution is 2.38. The van der Waals surface area contributed by atoms with E-state index in [2.05, 4.69) is 0 Å². The van der Waals surface area contributed by atoms with Crippen molar-refractivity contribution in [1.82, 2.24) is 0 Å². The van der Waals surface area contributed by atoms with Gasteiger partial charge in [-0.3, -0.25) is 4.79 Å². The van der Waals surface area contributed by atoms with Crippen LogP contribution in [0.2, 0.25) is 0 Å². The van der Waals surface area contributed by atoms with Gasteiger partial charge in [-0.25, -0.2) is 0 Å². The van der Waals surface area contributed by atoms with Crippen LogP contribution < -0.4 is 23.7 Å². The fraction of sp³-hybridized carbons (Fsp3) is 0.433. The Bertz CT molecular complexity index is 1120. The topological polar surface area (TPSA) is 109 Å². The summed E-state index contributed by atoms with van der Waals surface area (Å²) in [4.78, 5) is 14.3. The van der Waals surface area contributed by atoms with Gasteiger partial charge in [0.2, 0.25) is 0 Å². The Labute approximate surface area is 241 Å². The highest BCUT2D eigenvalue weighted by atomic mass is 16.7. The van der Waals surface area contributed by atoms with Gasteiger partial charge in [-0.05, 0) is 38.5 Å². The van der Waals surface area contributed by atoms with Gasteiger partial charge in [0.05, 0.1) is 0 Å². The second kappa shape index (κ2) is 18.7. The first kappa shape index (κ1) is 33.6. The Morgan fingerprint density at radius 3 is 1.61 bits per heavy atom. The molecule has 0 fully saturated rings. The molecular formula is C30H40O11. The second-order valence-electron chi connectivity index (χ2n) is 8.73. The number of ketones is 1. The number of methoxy groups -OCH3 is 5. The third kappa shape index (κ3) is 11.1. The molecule has 0 aliphatic rings. The van der Waals surface area contributed by atoms with E-state index >= 15 is 0 Å². The van der Waals surface area contributed by atoms with Gasteiger partial charge < -0.3 is 47.4 Å². The van der Waals surface area contributed by atoms with Crippen molar-refractivity contribution in [1.29, 1.82) is 0 Å². The number of hydrogen-bond donors (Lipinski definition) is 0. The molecule has 11 heteroatoms. The van der Waals surface area contributed by atoms with Gasteiger partial charge >= 0.3 is 0 Å². The molecule has 0 saturated carbocycles. The lowest BCUT2D eigenvalue weighted by Gasteiger charge is -2.18. The summed E-state index contributed by atoms with van der Waals surface area (Å²) in [6, 6.07) is 8.42. The molecule has 0 radical (unpaired) electrons. The van der Waals surface area contributed by atoms with Gasteiger partial charge in [0, 0.05) is 64.9 Å². The van der Waals surface area contributed by atoms with E-state index in [0.717, 1.165) is 5.57 Å². The maximum absolute atomic E-state index is 14.3. The van der Waals surface area contributed by atoms with E-state index in [1.54, 1.807) is 36.4 Å². The highest BCUT2D eigenvalue weighted by molar-refractivity contribution is 6.15. The molecule has 0 N–H and O–H groups in total. The summed E-state index contributed by atoms with van der Waals surface area (Å²) in [6.45, 7) is 3.76. The normalized spacial score (nSPS) is 11.1. The Balaban J connectivity index is 2.71. The fourth-order valence-corrected chi connectivity index (χ4v) is 3.45. The molecule has 0 aromatic heterocycles. The van der Waals surface area contributed by atoms with Gasteiger partial charge in [-0.2, -0.15) is 0 Å². The number of carbonyl (C=O) groups excluding carboxylic acids is 1. The molecule has 0 heterocycles. The summed E-state index contributed by atoms with van der Waals surface area (Å²) in [5.74, 6) is 1.44. The van der Waals surface area contributed by atoms with Gasteiger partial charge in [0.15, 0.2) is 39.7 Å². The average molecular weight is 577 g/mol. The van der Waals surface area contributed by atoms with Gasteiger partial charge in [-0.15, -0.1) is 0 Å². The molecule has 0 atom stereocenters. The summed E-state index contributed by atoms with van der Waals surface area (Å²) >= 11 is 0. The van der Waals surface area contributed by atoms with Crippen molar-refractivity contribution >= 4 is 11.9 Å². The molecule has 11 nitrogen and oxygen atoms in total. The maximum Gasteiger partial charge on any atom is 0.196 e. The minimum absolute atomic E-state index is 0.00122. The number of benzene rings is 2. The zero-order valence-corrected chi connectivity index (χ0v) is 24.8. The quantitative estimate of drug-likeness (QED) is 0.0895. The molecule has 226 valence electrons. The van der Waals surface area contributed by atoms with Gasteiger partial charge in [0.1, 0.15) is 34.3 Å². The Morgan fingerprint density at radius 2 is 1.10 bits per heavy atom. The molecule has 0 spiro atoms. The molecule has 0 unspecified atom stereocenters. The Hall–Kier alpha value is -3.61. The monoisotopic (exact) mass is 576 g/mol. The summed E-state index contributed by atoms with van der Waals surface area (Å²) in [6.07, 6.45) is 4.03. The van der Waals surface area contributed by atoms with Crippen molar-refractivity contribution in [3.8, 4) is 28.7 Å². The van der Waals surface area contributed by atoms with Crippen LogP contribution in [0.5, 0.6) is 28.7 Å². The fourth-order valence-electron chi connectivity index (χ4n) is 3.45. The van der Waals surface area contributed by atoms with Gasteiger partial charge in [0.25, 0.3) is 0 Å². The summed E-state index contributed by atoms with van der Waals surface area (Å²) < 4.78 is 53.9. The van der Waals surface area contributed by atoms with Crippen LogP contribution >= 0.6 is 0 Å². The lowest BCUT2D eigenvalue weighted by atomic mass is 9.95. The minimum Gasteiger partial charge on any atom is -0.467 e. The van der Waals surface area contributed by atoms with Crippen LogP contribution in [-0.4, -0.2) is 75.3 Å². The number of ether oxygens (including phenoxy) is 10. The predicted octanol–water partition coefficient (Wildman–Crippen LogP) is 5.22. The van der Waals surface area contributed by atoms with Crippen LogP contribution in [0, 0.1) is 0 Å². The van der Waals surface area contributed by atoms with E-state index in [9.17, 15) is 4.79 Å². The number of carbonyl (C=O) groups is 1. The third-order valence-corrected chi connectivity index (χ3v) is 5.29. The second-order valence-corrected chi connectivity index (χ2v) is 8.73. The SMILES string of the molecule is COCOc1ccc(/C=C(\CC=C(C)C)C(=O)c2c(OCOC)cc(OCOC)cc2OCOC)c(OCOC)c1. The summed E-state index contributed by atoms with van der Waals surface area (Å²) in [5.41, 5.74) is 2.29. The van der Waals surface area contributed by atoms with Crippen LogP contribution in [0.15, 0.2) is 47.6 Å². The third-order valence-electron chi connectivity index (χ3n) is 5.29. The molecule has 2 rings (SSSR count). The molecule has 0 bridgehead atoms. The first-order chi connectivity index (χ1) is 19.9. The standard InChI is InChI=1S/C30H40O11/c1-21(2)8-9-23(12-22-10-11-24(37-16-32-3)13-26(22)39-18-34-5)30(31)29-27(40-19-35-6)14-25(38-17-33-4)15-28(29)41-20-36-7/h8,10-15H,9,16-20H2,1-7H3/b23-12+. The smallest absolute Gasteiger partial charge is 0.196 e. The van der Waals surface area contributed by atoms with E-state index in [-0.39, 0.29) is 56.8 Å². The molecule has 0 aliphatic heterocycles.